The normalized spacial score (nSPS) is 12.4. The molecule has 1 N–H and O–H groups in total. The molecule has 0 saturated carbocycles. The summed E-state index contributed by atoms with van der Waals surface area (Å²) >= 11 is 0. The molecule has 2 nitrogen and oxygen atoms in total. The third kappa shape index (κ3) is 6.44. The maximum Gasteiger partial charge on any atom is 0.124 e. The van der Waals surface area contributed by atoms with Crippen molar-refractivity contribution < 1.29 is 4.74 Å². The summed E-state index contributed by atoms with van der Waals surface area (Å²) in [5.41, 5.74) is 1.21. The minimum absolute atomic E-state index is 0.537. The van der Waals surface area contributed by atoms with Gasteiger partial charge in [-0.3, -0.25) is 0 Å². The third-order valence-corrected chi connectivity index (χ3v) is 3.15. The van der Waals surface area contributed by atoms with Crippen LogP contribution >= 0.6 is 0 Å². The Bertz CT molecular complexity index is 373. The van der Waals surface area contributed by atoms with Gasteiger partial charge in [0, 0.05) is 18.2 Å². The van der Waals surface area contributed by atoms with Crippen molar-refractivity contribution in [2.45, 2.75) is 46.2 Å². The molecule has 0 heterocycles. The van der Waals surface area contributed by atoms with Crippen LogP contribution in [0.25, 0.3) is 0 Å². The van der Waals surface area contributed by atoms with E-state index in [0.29, 0.717) is 12.6 Å². The number of hydrogen-bond donors (Lipinski definition) is 1. The van der Waals surface area contributed by atoms with E-state index >= 15 is 0 Å². The SMILES string of the molecule is C=CCOc1ccccc1CNC(C)CCC(C)C. The van der Waals surface area contributed by atoms with Crippen molar-refractivity contribution in [3.05, 3.63) is 42.5 Å². The Hall–Kier alpha value is -1.28. The summed E-state index contributed by atoms with van der Waals surface area (Å²) in [5.74, 6) is 1.72. The van der Waals surface area contributed by atoms with Crippen molar-refractivity contribution in [2.24, 2.45) is 5.92 Å². The molecular weight excluding hydrogens is 234 g/mol. The van der Waals surface area contributed by atoms with Gasteiger partial charge in [-0.1, -0.05) is 44.7 Å². The molecule has 0 spiro atoms. The van der Waals surface area contributed by atoms with E-state index in [0.717, 1.165) is 18.2 Å². The fourth-order valence-electron chi connectivity index (χ4n) is 1.91. The maximum atomic E-state index is 5.66. The van der Waals surface area contributed by atoms with E-state index in [-0.39, 0.29) is 0 Å². The van der Waals surface area contributed by atoms with Crippen LogP contribution < -0.4 is 10.1 Å². The average Bonchev–Trinajstić information content (AvgIpc) is 2.41. The van der Waals surface area contributed by atoms with Gasteiger partial charge in [0.05, 0.1) is 0 Å². The molecule has 106 valence electrons. The zero-order valence-corrected chi connectivity index (χ0v) is 12.5. The van der Waals surface area contributed by atoms with Gasteiger partial charge in [0.15, 0.2) is 0 Å². The van der Waals surface area contributed by atoms with Crippen LogP contribution in [0.2, 0.25) is 0 Å². The van der Waals surface area contributed by atoms with Gasteiger partial charge in [-0.15, -0.1) is 0 Å². The quantitative estimate of drug-likeness (QED) is 0.674. The summed E-state index contributed by atoms with van der Waals surface area (Å²) in [4.78, 5) is 0. The van der Waals surface area contributed by atoms with E-state index in [1.807, 2.05) is 12.1 Å². The standard InChI is InChI=1S/C17H27NO/c1-5-12-19-17-9-7-6-8-16(17)13-18-15(4)11-10-14(2)3/h5-9,14-15,18H,1,10-13H2,2-4H3. The number of hydrogen-bond acceptors (Lipinski definition) is 2. The molecule has 1 aromatic rings. The highest BCUT2D eigenvalue weighted by Crippen LogP contribution is 2.18. The van der Waals surface area contributed by atoms with Crippen LogP contribution in [0.15, 0.2) is 36.9 Å². The number of nitrogens with one attached hydrogen (secondary N) is 1. The molecule has 0 aliphatic carbocycles. The molecule has 19 heavy (non-hydrogen) atoms. The van der Waals surface area contributed by atoms with Crippen LogP contribution in [0.3, 0.4) is 0 Å². The molecule has 0 saturated heterocycles. The van der Waals surface area contributed by atoms with Gasteiger partial charge in [-0.2, -0.15) is 0 Å². The molecule has 1 aromatic carbocycles. The van der Waals surface area contributed by atoms with Crippen LogP contribution in [0, 0.1) is 5.92 Å². The lowest BCUT2D eigenvalue weighted by Gasteiger charge is -2.16. The van der Waals surface area contributed by atoms with E-state index in [9.17, 15) is 0 Å². The molecular formula is C17H27NO. The Balaban J connectivity index is 2.45. The zero-order chi connectivity index (χ0) is 14.1. The van der Waals surface area contributed by atoms with Crippen LogP contribution in [0.1, 0.15) is 39.2 Å². The van der Waals surface area contributed by atoms with Crippen molar-refractivity contribution >= 4 is 0 Å². The number of ether oxygens (including phenoxy) is 1. The second kappa shape index (κ2) is 8.76. The second-order valence-electron chi connectivity index (χ2n) is 5.46. The predicted molar refractivity (Wildman–Crippen MR) is 82.5 cm³/mol. The molecule has 1 atom stereocenters. The molecule has 1 unspecified atom stereocenters. The van der Waals surface area contributed by atoms with Crippen LogP contribution in [0.5, 0.6) is 5.75 Å². The van der Waals surface area contributed by atoms with E-state index < -0.39 is 0 Å². The summed E-state index contributed by atoms with van der Waals surface area (Å²) in [6, 6.07) is 8.72. The third-order valence-electron chi connectivity index (χ3n) is 3.15. The molecule has 2 heteroatoms. The average molecular weight is 261 g/mol. The van der Waals surface area contributed by atoms with Crippen LogP contribution in [-0.2, 0) is 6.54 Å². The highest BCUT2D eigenvalue weighted by atomic mass is 16.5. The van der Waals surface area contributed by atoms with Gasteiger partial charge in [-0.25, -0.2) is 0 Å². The Morgan fingerprint density at radius 1 is 1.21 bits per heavy atom. The van der Waals surface area contributed by atoms with Crippen LogP contribution in [0.4, 0.5) is 0 Å². The lowest BCUT2D eigenvalue weighted by molar-refractivity contribution is 0.356. The van der Waals surface area contributed by atoms with Crippen molar-refractivity contribution in [3.63, 3.8) is 0 Å². The molecule has 0 fully saturated rings. The van der Waals surface area contributed by atoms with Gasteiger partial charge < -0.3 is 10.1 Å². The van der Waals surface area contributed by atoms with Gasteiger partial charge in [0.25, 0.3) is 0 Å². The van der Waals surface area contributed by atoms with E-state index in [2.05, 4.69) is 44.8 Å². The zero-order valence-electron chi connectivity index (χ0n) is 12.5. The monoisotopic (exact) mass is 261 g/mol. The number of para-hydroxylation sites is 1. The first-order valence-corrected chi connectivity index (χ1v) is 7.18. The van der Waals surface area contributed by atoms with Crippen molar-refractivity contribution in [3.8, 4) is 5.75 Å². The molecule has 0 amide bonds. The highest BCUT2D eigenvalue weighted by molar-refractivity contribution is 5.33. The van der Waals surface area contributed by atoms with Gasteiger partial charge in [-0.05, 0) is 31.7 Å². The Kier molecular flexibility index (Phi) is 7.27. The van der Waals surface area contributed by atoms with Gasteiger partial charge in [0.1, 0.15) is 12.4 Å². The molecule has 0 bridgehead atoms. The van der Waals surface area contributed by atoms with Gasteiger partial charge in [0.2, 0.25) is 0 Å². The molecule has 0 aromatic heterocycles. The van der Waals surface area contributed by atoms with Crippen molar-refractivity contribution in [1.29, 1.82) is 0 Å². The van der Waals surface area contributed by atoms with E-state index in [1.165, 1.54) is 18.4 Å². The van der Waals surface area contributed by atoms with E-state index in [4.69, 9.17) is 4.74 Å². The maximum absolute atomic E-state index is 5.66. The Morgan fingerprint density at radius 3 is 2.63 bits per heavy atom. The minimum Gasteiger partial charge on any atom is -0.489 e. The Morgan fingerprint density at radius 2 is 1.95 bits per heavy atom. The number of rotatable bonds is 9. The largest absolute Gasteiger partial charge is 0.489 e. The molecule has 0 aliphatic heterocycles. The summed E-state index contributed by atoms with van der Waals surface area (Å²) in [5, 5.41) is 3.57. The first-order valence-electron chi connectivity index (χ1n) is 7.18. The first kappa shape index (κ1) is 15.8. The Labute approximate surface area is 117 Å². The predicted octanol–water partition coefficient (Wildman–Crippen LogP) is 4.17. The van der Waals surface area contributed by atoms with Gasteiger partial charge >= 0.3 is 0 Å². The van der Waals surface area contributed by atoms with Crippen molar-refractivity contribution in [2.75, 3.05) is 6.61 Å². The molecule has 0 radical (unpaired) electrons. The topological polar surface area (TPSA) is 21.3 Å². The summed E-state index contributed by atoms with van der Waals surface area (Å²) in [7, 11) is 0. The van der Waals surface area contributed by atoms with Crippen LogP contribution in [-0.4, -0.2) is 12.6 Å². The fourth-order valence-corrected chi connectivity index (χ4v) is 1.91. The van der Waals surface area contributed by atoms with E-state index in [1.54, 1.807) is 6.08 Å². The minimum atomic E-state index is 0.537. The second-order valence-corrected chi connectivity index (χ2v) is 5.46. The lowest BCUT2D eigenvalue weighted by Crippen LogP contribution is -2.26. The number of benzene rings is 1. The smallest absolute Gasteiger partial charge is 0.124 e. The lowest BCUT2D eigenvalue weighted by atomic mass is 10.0. The van der Waals surface area contributed by atoms with Crippen molar-refractivity contribution in [1.82, 2.24) is 5.32 Å². The summed E-state index contributed by atoms with van der Waals surface area (Å²) in [6.45, 7) is 11.9. The molecule has 1 rings (SSSR count). The fraction of sp³-hybridized carbons (Fsp3) is 0.529. The summed E-state index contributed by atoms with van der Waals surface area (Å²) < 4.78 is 5.66. The summed E-state index contributed by atoms with van der Waals surface area (Å²) in [6.07, 6.45) is 4.26. The highest BCUT2D eigenvalue weighted by Gasteiger charge is 2.06. The molecule has 0 aliphatic rings. The first-order chi connectivity index (χ1) is 9.13.